The molecule has 2 heterocycles. The van der Waals surface area contributed by atoms with Crippen LogP contribution >= 0.6 is 0 Å². The van der Waals surface area contributed by atoms with Gasteiger partial charge in [-0.15, -0.1) is 0 Å². The van der Waals surface area contributed by atoms with Crippen LogP contribution in [0.25, 0.3) is 17.0 Å². The minimum atomic E-state index is -3.31. The molecule has 0 radical (unpaired) electrons. The fourth-order valence-corrected chi connectivity index (χ4v) is 4.42. The third-order valence-electron chi connectivity index (χ3n) is 3.96. The number of benzene rings is 1. The van der Waals surface area contributed by atoms with Crippen molar-refractivity contribution in [2.45, 2.75) is 18.6 Å². The summed E-state index contributed by atoms with van der Waals surface area (Å²) in [5.41, 5.74) is 2.16. The Kier molecular flexibility index (Phi) is 4.18. The van der Waals surface area contributed by atoms with Gasteiger partial charge in [-0.05, 0) is 30.5 Å². The number of aromatic amines is 1. The van der Waals surface area contributed by atoms with E-state index in [-0.39, 0.29) is 5.75 Å². The predicted molar refractivity (Wildman–Crippen MR) is 87.8 cm³/mol. The zero-order valence-electron chi connectivity index (χ0n) is 12.4. The Morgan fingerprint density at radius 3 is 2.74 bits per heavy atom. The number of nitrogens with zero attached hydrogens (tertiary/aromatic N) is 2. The molecule has 1 aliphatic rings. The molecule has 0 bridgehead atoms. The van der Waals surface area contributed by atoms with Gasteiger partial charge in [-0.1, -0.05) is 6.07 Å². The van der Waals surface area contributed by atoms with Crippen LogP contribution in [0.2, 0.25) is 0 Å². The van der Waals surface area contributed by atoms with Crippen LogP contribution in [0.4, 0.5) is 0 Å². The lowest BCUT2D eigenvalue weighted by molar-refractivity contribution is -0.400. The minimum Gasteiger partial charge on any atom is -0.361 e. The smallest absolute Gasteiger partial charge is 0.235 e. The van der Waals surface area contributed by atoms with Crippen molar-refractivity contribution in [3.8, 4) is 0 Å². The van der Waals surface area contributed by atoms with Crippen LogP contribution < -0.4 is 0 Å². The van der Waals surface area contributed by atoms with Gasteiger partial charge in [-0.2, -0.15) is 0 Å². The van der Waals surface area contributed by atoms with E-state index in [1.54, 1.807) is 24.4 Å². The molecule has 0 spiro atoms. The number of hydrogen-bond donors (Lipinski definition) is 1. The third-order valence-corrected chi connectivity index (χ3v) is 5.81. The highest BCUT2D eigenvalue weighted by Crippen LogP contribution is 2.23. The second-order valence-electron chi connectivity index (χ2n) is 5.59. The van der Waals surface area contributed by atoms with Crippen molar-refractivity contribution >= 4 is 27.0 Å². The molecule has 3 rings (SSSR count). The van der Waals surface area contributed by atoms with E-state index in [1.807, 2.05) is 0 Å². The molecule has 1 fully saturated rings. The largest absolute Gasteiger partial charge is 0.361 e. The number of H-pyrrole nitrogens is 1. The van der Waals surface area contributed by atoms with E-state index in [1.165, 1.54) is 10.4 Å². The average molecular weight is 335 g/mol. The van der Waals surface area contributed by atoms with Crippen molar-refractivity contribution in [2.24, 2.45) is 0 Å². The molecule has 122 valence electrons. The van der Waals surface area contributed by atoms with Crippen LogP contribution in [0.1, 0.15) is 24.0 Å². The van der Waals surface area contributed by atoms with Gasteiger partial charge in [0.1, 0.15) is 0 Å². The minimum absolute atomic E-state index is 0.0491. The molecule has 2 aromatic rings. The molecule has 1 saturated heterocycles. The molecular weight excluding hydrogens is 318 g/mol. The summed E-state index contributed by atoms with van der Waals surface area (Å²) in [6, 6.07) is 5.35. The van der Waals surface area contributed by atoms with Gasteiger partial charge >= 0.3 is 0 Å². The number of fused-ring (bicyclic) bond motifs is 1. The summed E-state index contributed by atoms with van der Waals surface area (Å²) in [5, 5.41) is 11.2. The summed E-state index contributed by atoms with van der Waals surface area (Å²) in [4.78, 5) is 13.0. The summed E-state index contributed by atoms with van der Waals surface area (Å²) in [5.74, 6) is -0.0491. The first-order valence-corrected chi connectivity index (χ1v) is 8.96. The normalized spacial score (nSPS) is 16.5. The van der Waals surface area contributed by atoms with Crippen LogP contribution in [0.5, 0.6) is 0 Å². The van der Waals surface area contributed by atoms with E-state index >= 15 is 0 Å². The third kappa shape index (κ3) is 3.43. The van der Waals surface area contributed by atoms with Crippen molar-refractivity contribution in [1.82, 2.24) is 9.29 Å². The summed E-state index contributed by atoms with van der Waals surface area (Å²) in [7, 11) is -3.31. The van der Waals surface area contributed by atoms with Crippen LogP contribution in [-0.2, 0) is 15.8 Å². The van der Waals surface area contributed by atoms with Gasteiger partial charge in [0.05, 0.1) is 10.7 Å². The highest BCUT2D eigenvalue weighted by molar-refractivity contribution is 7.88. The topological polar surface area (TPSA) is 96.3 Å². The lowest BCUT2D eigenvalue weighted by atomic mass is 10.1. The maximum atomic E-state index is 12.4. The van der Waals surface area contributed by atoms with Crippen molar-refractivity contribution in [3.05, 3.63) is 51.8 Å². The lowest BCUT2D eigenvalue weighted by Crippen LogP contribution is -2.29. The fraction of sp³-hybridized carbons (Fsp3) is 0.333. The maximum absolute atomic E-state index is 12.4. The maximum Gasteiger partial charge on any atom is 0.235 e. The second kappa shape index (κ2) is 6.13. The van der Waals surface area contributed by atoms with Gasteiger partial charge in [-0.25, -0.2) is 12.7 Å². The van der Waals surface area contributed by atoms with Gasteiger partial charge in [0.25, 0.3) is 0 Å². The van der Waals surface area contributed by atoms with Crippen LogP contribution in [0.3, 0.4) is 0 Å². The molecule has 23 heavy (non-hydrogen) atoms. The Labute approximate surface area is 133 Å². The molecule has 0 aliphatic carbocycles. The first kappa shape index (κ1) is 15.7. The highest BCUT2D eigenvalue weighted by atomic mass is 32.2. The Balaban J connectivity index is 1.90. The van der Waals surface area contributed by atoms with Crippen LogP contribution in [-0.4, -0.2) is 35.7 Å². The first-order valence-electron chi connectivity index (χ1n) is 7.35. The molecule has 1 aliphatic heterocycles. The number of sulfonamides is 1. The van der Waals surface area contributed by atoms with Gasteiger partial charge in [0.15, 0.2) is 0 Å². The molecule has 7 nitrogen and oxygen atoms in total. The Morgan fingerprint density at radius 1 is 1.30 bits per heavy atom. The SMILES string of the molecule is O=[N+]([O-])C=Cc1c[nH]c2ccc(CS(=O)(=O)N3CCCC3)cc12. The Bertz CT molecular complexity index is 864. The van der Waals surface area contributed by atoms with E-state index in [2.05, 4.69) is 4.98 Å². The van der Waals surface area contributed by atoms with Gasteiger partial charge < -0.3 is 4.98 Å². The molecular formula is C15H17N3O4S. The van der Waals surface area contributed by atoms with Crippen molar-refractivity contribution in [3.63, 3.8) is 0 Å². The van der Waals surface area contributed by atoms with E-state index in [0.717, 1.165) is 29.9 Å². The van der Waals surface area contributed by atoms with Crippen molar-refractivity contribution in [2.75, 3.05) is 13.1 Å². The average Bonchev–Trinajstić information content (AvgIpc) is 3.14. The van der Waals surface area contributed by atoms with Crippen LogP contribution in [0.15, 0.2) is 30.6 Å². The number of nitrogens with one attached hydrogen (secondary N) is 1. The Hall–Kier alpha value is -2.19. The zero-order valence-corrected chi connectivity index (χ0v) is 13.3. The summed E-state index contributed by atoms with van der Waals surface area (Å²) < 4.78 is 26.3. The van der Waals surface area contributed by atoms with Gasteiger partial charge in [-0.3, -0.25) is 10.1 Å². The fourth-order valence-electron chi connectivity index (χ4n) is 2.83. The molecule has 0 saturated carbocycles. The molecule has 1 aromatic carbocycles. The second-order valence-corrected chi connectivity index (χ2v) is 7.56. The summed E-state index contributed by atoms with van der Waals surface area (Å²) in [6.45, 7) is 1.18. The van der Waals surface area contributed by atoms with Gasteiger partial charge in [0.2, 0.25) is 16.2 Å². The quantitative estimate of drug-likeness (QED) is 0.670. The summed E-state index contributed by atoms with van der Waals surface area (Å²) in [6.07, 6.45) is 5.76. The van der Waals surface area contributed by atoms with E-state index in [9.17, 15) is 18.5 Å². The van der Waals surface area contributed by atoms with Crippen molar-refractivity contribution < 1.29 is 13.3 Å². The molecule has 1 N–H and O–H groups in total. The van der Waals surface area contributed by atoms with E-state index in [0.29, 0.717) is 24.2 Å². The molecule has 8 heteroatoms. The predicted octanol–water partition coefficient (Wildman–Crippen LogP) is 2.34. The number of rotatable bonds is 5. The number of aromatic nitrogens is 1. The van der Waals surface area contributed by atoms with E-state index < -0.39 is 14.9 Å². The summed E-state index contributed by atoms with van der Waals surface area (Å²) >= 11 is 0. The van der Waals surface area contributed by atoms with Crippen molar-refractivity contribution in [1.29, 1.82) is 0 Å². The molecule has 0 atom stereocenters. The number of nitro groups is 1. The first-order chi connectivity index (χ1) is 11.0. The molecule has 0 amide bonds. The van der Waals surface area contributed by atoms with Crippen LogP contribution in [0, 0.1) is 10.1 Å². The lowest BCUT2D eigenvalue weighted by Gasteiger charge is -2.15. The monoisotopic (exact) mass is 335 g/mol. The number of hydrogen-bond acceptors (Lipinski definition) is 4. The molecule has 0 unspecified atom stereocenters. The standard InChI is InChI=1S/C15H17N3O4S/c19-18(20)8-5-13-10-16-15-4-3-12(9-14(13)15)11-23(21,22)17-6-1-2-7-17/h3-5,8-10,16H,1-2,6-7,11H2. The highest BCUT2D eigenvalue weighted by Gasteiger charge is 2.25. The molecule has 1 aromatic heterocycles. The zero-order chi connectivity index (χ0) is 16.4. The van der Waals surface area contributed by atoms with Gasteiger partial charge in [0, 0.05) is 41.8 Å². The van der Waals surface area contributed by atoms with E-state index in [4.69, 9.17) is 0 Å². The Morgan fingerprint density at radius 2 is 2.04 bits per heavy atom.